The fourth-order valence-electron chi connectivity index (χ4n) is 1.41. The Bertz CT molecular complexity index is 301. The maximum absolute atomic E-state index is 5.67. The van der Waals surface area contributed by atoms with Gasteiger partial charge in [0, 0.05) is 0 Å². The molecule has 92 valence electrons. The average Bonchev–Trinajstić information content (AvgIpc) is 2.60. The highest BCUT2D eigenvalue weighted by molar-refractivity contribution is 7.97. The van der Waals surface area contributed by atoms with Gasteiger partial charge in [0.25, 0.3) is 0 Å². The molecule has 0 bridgehead atoms. The van der Waals surface area contributed by atoms with Gasteiger partial charge in [-0.05, 0) is 36.8 Å². The molecule has 1 rings (SSSR count). The lowest BCUT2D eigenvalue weighted by molar-refractivity contribution is 0.360. The number of hydrogen-bond donors (Lipinski definition) is 1. The molecule has 1 heterocycles. The van der Waals surface area contributed by atoms with Gasteiger partial charge in [-0.3, -0.25) is 0 Å². The summed E-state index contributed by atoms with van der Waals surface area (Å²) in [6.07, 6.45) is 3.27. The van der Waals surface area contributed by atoms with Gasteiger partial charge in [0.15, 0.2) is 0 Å². The second-order valence-corrected chi connectivity index (χ2v) is 6.15. The fraction of sp³-hybridized carbons (Fsp3) is 0.692. The third kappa shape index (κ3) is 5.61. The highest BCUT2D eigenvalue weighted by atomic mass is 32.2. The summed E-state index contributed by atoms with van der Waals surface area (Å²) in [6.45, 7) is 8.67. The molecule has 3 heteroatoms. The Morgan fingerprint density at radius 1 is 1.25 bits per heavy atom. The smallest absolute Gasteiger partial charge is 0.117 e. The lowest BCUT2D eigenvalue weighted by Gasteiger charge is -2.17. The second-order valence-electron chi connectivity index (χ2n) is 5.29. The molecule has 0 spiro atoms. The minimum Gasteiger partial charge on any atom is -0.464 e. The molecule has 1 aromatic heterocycles. The normalized spacial score (nSPS) is 12.0. The van der Waals surface area contributed by atoms with E-state index in [4.69, 9.17) is 4.42 Å². The predicted molar refractivity (Wildman–Crippen MR) is 71.7 cm³/mol. The molecule has 0 unspecified atom stereocenters. The van der Waals surface area contributed by atoms with E-state index in [0.717, 1.165) is 30.4 Å². The summed E-state index contributed by atoms with van der Waals surface area (Å²) in [6, 6.07) is 4.13. The molecule has 0 aliphatic heterocycles. The first-order valence-corrected chi connectivity index (χ1v) is 7.18. The van der Waals surface area contributed by atoms with Crippen LogP contribution in [0.25, 0.3) is 0 Å². The minimum absolute atomic E-state index is 0.403. The molecule has 0 atom stereocenters. The van der Waals surface area contributed by atoms with Crippen LogP contribution in [0.4, 0.5) is 0 Å². The van der Waals surface area contributed by atoms with E-state index in [0.29, 0.717) is 5.41 Å². The molecule has 0 aliphatic rings. The molecular formula is C13H23NOS. The fourth-order valence-corrected chi connectivity index (χ4v) is 1.85. The molecule has 0 saturated carbocycles. The minimum atomic E-state index is 0.403. The zero-order valence-corrected chi connectivity index (χ0v) is 11.6. The Balaban J connectivity index is 2.21. The molecule has 1 N–H and O–H groups in total. The van der Waals surface area contributed by atoms with E-state index < -0.39 is 0 Å². The number of nitrogens with one attached hydrogen (secondary N) is 1. The first kappa shape index (κ1) is 13.7. The summed E-state index contributed by atoms with van der Waals surface area (Å²) < 4.78 is 5.67. The first-order chi connectivity index (χ1) is 7.51. The monoisotopic (exact) mass is 241 g/mol. The summed E-state index contributed by atoms with van der Waals surface area (Å²) in [5.41, 5.74) is 0.403. The van der Waals surface area contributed by atoms with Gasteiger partial charge in [0.2, 0.25) is 0 Å². The number of furan rings is 1. The highest BCUT2D eigenvalue weighted by Gasteiger charge is 2.09. The van der Waals surface area contributed by atoms with Gasteiger partial charge in [0.05, 0.1) is 12.3 Å². The lowest BCUT2D eigenvalue weighted by Crippen LogP contribution is -2.19. The standard InChI is InChI=1S/C13H23NOS/c1-13(2,3)7-8-14-9-11-5-6-12(15-11)10-16-4/h5-6,14H,7-10H2,1-4H3. The first-order valence-electron chi connectivity index (χ1n) is 5.78. The van der Waals surface area contributed by atoms with Crippen LogP contribution in [0.1, 0.15) is 38.7 Å². The molecular weight excluding hydrogens is 218 g/mol. The molecule has 0 aromatic carbocycles. The van der Waals surface area contributed by atoms with E-state index in [1.165, 1.54) is 6.42 Å². The maximum Gasteiger partial charge on any atom is 0.117 e. The maximum atomic E-state index is 5.67. The summed E-state index contributed by atoms with van der Waals surface area (Å²) in [5.74, 6) is 3.07. The van der Waals surface area contributed by atoms with Crippen molar-refractivity contribution in [2.24, 2.45) is 5.41 Å². The summed E-state index contributed by atoms with van der Waals surface area (Å²) in [5, 5.41) is 3.41. The van der Waals surface area contributed by atoms with Crippen LogP contribution in [-0.2, 0) is 12.3 Å². The van der Waals surface area contributed by atoms with Crippen LogP contribution in [0.15, 0.2) is 16.5 Å². The van der Waals surface area contributed by atoms with Gasteiger partial charge < -0.3 is 9.73 Å². The van der Waals surface area contributed by atoms with Crippen molar-refractivity contribution in [3.05, 3.63) is 23.7 Å². The summed E-state index contributed by atoms with van der Waals surface area (Å²) >= 11 is 1.79. The van der Waals surface area contributed by atoms with E-state index in [1.807, 2.05) is 0 Å². The molecule has 0 saturated heterocycles. The predicted octanol–water partition coefficient (Wildman–Crippen LogP) is 3.67. The van der Waals surface area contributed by atoms with Gasteiger partial charge in [-0.25, -0.2) is 0 Å². The van der Waals surface area contributed by atoms with E-state index in [-0.39, 0.29) is 0 Å². The molecule has 0 radical (unpaired) electrons. The number of hydrogen-bond acceptors (Lipinski definition) is 3. The molecule has 1 aromatic rings. The lowest BCUT2D eigenvalue weighted by atomic mass is 9.92. The number of rotatable bonds is 6. The Morgan fingerprint density at radius 3 is 2.56 bits per heavy atom. The van der Waals surface area contributed by atoms with Crippen molar-refractivity contribution >= 4 is 11.8 Å². The number of thioether (sulfide) groups is 1. The van der Waals surface area contributed by atoms with Crippen LogP contribution in [0.3, 0.4) is 0 Å². The Kier molecular flexibility index (Phi) is 5.42. The Hall–Kier alpha value is -0.410. The topological polar surface area (TPSA) is 25.2 Å². The van der Waals surface area contributed by atoms with Crippen LogP contribution in [0, 0.1) is 5.41 Å². The van der Waals surface area contributed by atoms with Crippen LogP contribution < -0.4 is 5.32 Å². The van der Waals surface area contributed by atoms with Crippen molar-refractivity contribution < 1.29 is 4.42 Å². The molecule has 0 aliphatic carbocycles. The van der Waals surface area contributed by atoms with E-state index >= 15 is 0 Å². The van der Waals surface area contributed by atoms with Crippen molar-refractivity contribution in [1.29, 1.82) is 0 Å². The second kappa shape index (κ2) is 6.36. The zero-order chi connectivity index (χ0) is 12.0. The van der Waals surface area contributed by atoms with Crippen LogP contribution in [0.5, 0.6) is 0 Å². The van der Waals surface area contributed by atoms with Gasteiger partial charge in [0.1, 0.15) is 11.5 Å². The highest BCUT2D eigenvalue weighted by Crippen LogP contribution is 2.17. The molecule has 0 amide bonds. The van der Waals surface area contributed by atoms with Crippen molar-refractivity contribution in [3.63, 3.8) is 0 Å². The summed E-state index contributed by atoms with van der Waals surface area (Å²) in [4.78, 5) is 0. The van der Waals surface area contributed by atoms with Crippen molar-refractivity contribution in [3.8, 4) is 0 Å². The molecule has 2 nitrogen and oxygen atoms in total. The van der Waals surface area contributed by atoms with Gasteiger partial charge in [-0.1, -0.05) is 20.8 Å². The van der Waals surface area contributed by atoms with Crippen LogP contribution in [0.2, 0.25) is 0 Å². The van der Waals surface area contributed by atoms with Gasteiger partial charge in [-0.2, -0.15) is 11.8 Å². The SMILES string of the molecule is CSCc1ccc(CNCCC(C)(C)C)o1. The Labute approximate surface area is 103 Å². The molecule has 16 heavy (non-hydrogen) atoms. The van der Waals surface area contributed by atoms with Crippen molar-refractivity contribution in [2.45, 2.75) is 39.5 Å². The summed E-state index contributed by atoms with van der Waals surface area (Å²) in [7, 11) is 0. The third-order valence-electron chi connectivity index (χ3n) is 2.35. The van der Waals surface area contributed by atoms with Crippen LogP contribution in [-0.4, -0.2) is 12.8 Å². The largest absolute Gasteiger partial charge is 0.464 e. The van der Waals surface area contributed by atoms with E-state index in [2.05, 4.69) is 44.5 Å². The van der Waals surface area contributed by atoms with Gasteiger partial charge in [-0.15, -0.1) is 0 Å². The quantitative estimate of drug-likeness (QED) is 0.769. The van der Waals surface area contributed by atoms with Crippen LogP contribution >= 0.6 is 11.8 Å². The molecule has 0 fully saturated rings. The average molecular weight is 241 g/mol. The van der Waals surface area contributed by atoms with E-state index in [1.54, 1.807) is 11.8 Å². The van der Waals surface area contributed by atoms with Gasteiger partial charge >= 0.3 is 0 Å². The van der Waals surface area contributed by atoms with Crippen molar-refractivity contribution in [2.75, 3.05) is 12.8 Å². The third-order valence-corrected chi connectivity index (χ3v) is 2.93. The zero-order valence-electron chi connectivity index (χ0n) is 10.8. The van der Waals surface area contributed by atoms with Crippen molar-refractivity contribution in [1.82, 2.24) is 5.32 Å². The Morgan fingerprint density at radius 2 is 1.94 bits per heavy atom. The van der Waals surface area contributed by atoms with E-state index in [9.17, 15) is 0 Å².